The number of aromatic carboxylic acids is 1. The van der Waals surface area contributed by atoms with Crippen LogP contribution < -0.4 is 0 Å². The molecule has 112 valence electrons. The van der Waals surface area contributed by atoms with E-state index in [1.165, 1.54) is 0 Å². The van der Waals surface area contributed by atoms with Crippen molar-refractivity contribution in [2.24, 2.45) is 0 Å². The molecule has 1 amide bonds. The van der Waals surface area contributed by atoms with Gasteiger partial charge in [0, 0.05) is 6.54 Å². The van der Waals surface area contributed by atoms with Crippen LogP contribution in [0.4, 0.5) is 0 Å². The molecule has 0 radical (unpaired) electrons. The molecule has 1 saturated carbocycles. The summed E-state index contributed by atoms with van der Waals surface area (Å²) < 4.78 is 5.72. The van der Waals surface area contributed by atoms with Gasteiger partial charge in [0.1, 0.15) is 0 Å². The van der Waals surface area contributed by atoms with Gasteiger partial charge < -0.3 is 14.7 Å². The van der Waals surface area contributed by atoms with Crippen LogP contribution in [0, 0.1) is 0 Å². The van der Waals surface area contributed by atoms with Crippen molar-refractivity contribution in [1.82, 2.24) is 4.90 Å². The highest BCUT2D eigenvalue weighted by Gasteiger charge is 2.38. The molecule has 2 atom stereocenters. The van der Waals surface area contributed by atoms with Gasteiger partial charge in [-0.1, -0.05) is 12.1 Å². The number of ether oxygens (including phenoxy) is 1. The number of hydrogen-bond donors (Lipinski definition) is 1. The lowest BCUT2D eigenvalue weighted by molar-refractivity contribution is -0.143. The number of carbonyl (C=O) groups excluding carboxylic acids is 1. The SMILES string of the molecule is O=C(O)c1ccc(CC(=O)N2CCOC3CCCC32)cc1. The van der Waals surface area contributed by atoms with Crippen molar-refractivity contribution >= 4 is 11.9 Å². The topological polar surface area (TPSA) is 66.8 Å². The Bertz CT molecular complexity index is 540. The van der Waals surface area contributed by atoms with Crippen molar-refractivity contribution in [3.05, 3.63) is 35.4 Å². The lowest BCUT2D eigenvalue weighted by Crippen LogP contribution is -2.51. The Morgan fingerprint density at radius 1 is 1.24 bits per heavy atom. The van der Waals surface area contributed by atoms with Crippen LogP contribution in [0.15, 0.2) is 24.3 Å². The molecule has 0 spiro atoms. The van der Waals surface area contributed by atoms with Gasteiger partial charge in [-0.2, -0.15) is 0 Å². The maximum atomic E-state index is 12.5. The molecule has 1 heterocycles. The fraction of sp³-hybridized carbons (Fsp3) is 0.500. The van der Waals surface area contributed by atoms with Gasteiger partial charge in [0.25, 0.3) is 0 Å². The minimum Gasteiger partial charge on any atom is -0.478 e. The van der Waals surface area contributed by atoms with Crippen LogP contribution in [-0.4, -0.2) is 47.2 Å². The first-order chi connectivity index (χ1) is 10.1. The maximum Gasteiger partial charge on any atom is 0.335 e. The fourth-order valence-electron chi connectivity index (χ4n) is 3.28. The number of rotatable bonds is 3. The molecule has 2 unspecified atom stereocenters. The molecule has 0 aromatic heterocycles. The van der Waals surface area contributed by atoms with Crippen LogP contribution in [0.25, 0.3) is 0 Å². The quantitative estimate of drug-likeness (QED) is 0.920. The van der Waals surface area contributed by atoms with Gasteiger partial charge in [-0.3, -0.25) is 4.79 Å². The number of carboxylic acids is 1. The normalized spacial score (nSPS) is 24.7. The molecule has 1 aromatic rings. The molecule has 1 aliphatic heterocycles. The number of hydrogen-bond acceptors (Lipinski definition) is 3. The fourth-order valence-corrected chi connectivity index (χ4v) is 3.28. The number of morpholine rings is 1. The summed E-state index contributed by atoms with van der Waals surface area (Å²) in [4.78, 5) is 25.3. The second-order valence-electron chi connectivity index (χ2n) is 5.67. The first-order valence-electron chi connectivity index (χ1n) is 7.38. The third-order valence-electron chi connectivity index (χ3n) is 4.36. The molecule has 21 heavy (non-hydrogen) atoms. The number of benzene rings is 1. The Balaban J connectivity index is 1.66. The van der Waals surface area contributed by atoms with Gasteiger partial charge in [0.2, 0.25) is 5.91 Å². The second kappa shape index (κ2) is 5.85. The van der Waals surface area contributed by atoms with Crippen molar-refractivity contribution < 1.29 is 19.4 Å². The van der Waals surface area contributed by atoms with Crippen LogP contribution >= 0.6 is 0 Å². The monoisotopic (exact) mass is 289 g/mol. The van der Waals surface area contributed by atoms with E-state index in [-0.39, 0.29) is 23.6 Å². The molecule has 1 aliphatic carbocycles. The summed E-state index contributed by atoms with van der Waals surface area (Å²) >= 11 is 0. The van der Waals surface area contributed by atoms with Gasteiger partial charge in [-0.15, -0.1) is 0 Å². The number of amides is 1. The highest BCUT2D eigenvalue weighted by Crippen LogP contribution is 2.30. The Hall–Kier alpha value is -1.88. The predicted octanol–water partition coefficient (Wildman–Crippen LogP) is 1.71. The van der Waals surface area contributed by atoms with Crippen LogP contribution in [0.2, 0.25) is 0 Å². The molecule has 3 rings (SSSR count). The van der Waals surface area contributed by atoms with Crippen molar-refractivity contribution in [2.75, 3.05) is 13.2 Å². The van der Waals surface area contributed by atoms with E-state index in [4.69, 9.17) is 9.84 Å². The third-order valence-corrected chi connectivity index (χ3v) is 4.36. The van der Waals surface area contributed by atoms with Crippen molar-refractivity contribution in [2.45, 2.75) is 37.8 Å². The predicted molar refractivity (Wildman–Crippen MR) is 76.2 cm³/mol. The zero-order valence-electron chi connectivity index (χ0n) is 11.8. The van der Waals surface area contributed by atoms with Gasteiger partial charge >= 0.3 is 5.97 Å². The minimum atomic E-state index is -0.949. The Kier molecular flexibility index (Phi) is 3.92. The zero-order valence-corrected chi connectivity index (χ0v) is 11.8. The number of nitrogens with zero attached hydrogens (tertiary/aromatic N) is 1. The van der Waals surface area contributed by atoms with Crippen LogP contribution in [-0.2, 0) is 16.0 Å². The maximum absolute atomic E-state index is 12.5. The highest BCUT2D eigenvalue weighted by atomic mass is 16.5. The van der Waals surface area contributed by atoms with Crippen LogP contribution in [0.3, 0.4) is 0 Å². The van der Waals surface area contributed by atoms with Crippen molar-refractivity contribution in [1.29, 1.82) is 0 Å². The van der Waals surface area contributed by atoms with E-state index in [0.29, 0.717) is 19.6 Å². The van der Waals surface area contributed by atoms with Crippen LogP contribution in [0.5, 0.6) is 0 Å². The molecule has 5 heteroatoms. The smallest absolute Gasteiger partial charge is 0.335 e. The summed E-state index contributed by atoms with van der Waals surface area (Å²) in [6, 6.07) is 6.75. The number of carbonyl (C=O) groups is 2. The molecule has 5 nitrogen and oxygen atoms in total. The van der Waals surface area contributed by atoms with Crippen LogP contribution in [0.1, 0.15) is 35.2 Å². The lowest BCUT2D eigenvalue weighted by atomic mass is 10.1. The molecule has 2 fully saturated rings. The second-order valence-corrected chi connectivity index (χ2v) is 5.67. The van der Waals surface area contributed by atoms with Crippen molar-refractivity contribution in [3.8, 4) is 0 Å². The van der Waals surface area contributed by atoms with E-state index in [0.717, 1.165) is 24.8 Å². The van der Waals surface area contributed by atoms with Gasteiger partial charge in [0.15, 0.2) is 0 Å². The Morgan fingerprint density at radius 3 is 2.71 bits per heavy atom. The first kappa shape index (κ1) is 14.1. The summed E-state index contributed by atoms with van der Waals surface area (Å²) in [5.74, 6) is -0.840. The summed E-state index contributed by atoms with van der Waals surface area (Å²) in [6.07, 6.45) is 3.71. The van der Waals surface area contributed by atoms with Gasteiger partial charge in [0.05, 0.1) is 30.7 Å². The molecule has 1 saturated heterocycles. The highest BCUT2D eigenvalue weighted by molar-refractivity contribution is 5.87. The average Bonchev–Trinajstić information content (AvgIpc) is 2.96. The van der Waals surface area contributed by atoms with E-state index in [1.54, 1.807) is 24.3 Å². The van der Waals surface area contributed by atoms with E-state index >= 15 is 0 Å². The van der Waals surface area contributed by atoms with Gasteiger partial charge in [-0.05, 0) is 37.0 Å². The van der Waals surface area contributed by atoms with Crippen molar-refractivity contribution in [3.63, 3.8) is 0 Å². The first-order valence-corrected chi connectivity index (χ1v) is 7.38. The molecule has 2 aliphatic rings. The lowest BCUT2D eigenvalue weighted by Gasteiger charge is -2.37. The standard InChI is InChI=1S/C16H19NO4/c18-15(10-11-4-6-12(7-5-11)16(19)20)17-8-9-21-14-3-1-2-13(14)17/h4-7,13-14H,1-3,8-10H2,(H,19,20). The average molecular weight is 289 g/mol. The largest absolute Gasteiger partial charge is 0.478 e. The van der Waals surface area contributed by atoms with E-state index in [2.05, 4.69) is 0 Å². The Labute approximate surface area is 123 Å². The van der Waals surface area contributed by atoms with E-state index in [9.17, 15) is 9.59 Å². The summed E-state index contributed by atoms with van der Waals surface area (Å²) in [5.41, 5.74) is 1.10. The molecular weight excluding hydrogens is 270 g/mol. The zero-order chi connectivity index (χ0) is 14.8. The van der Waals surface area contributed by atoms with E-state index < -0.39 is 5.97 Å². The summed E-state index contributed by atoms with van der Waals surface area (Å²) in [6.45, 7) is 1.28. The summed E-state index contributed by atoms with van der Waals surface area (Å²) in [5, 5.41) is 8.88. The molecule has 0 bridgehead atoms. The molecule has 1 aromatic carbocycles. The number of fused-ring (bicyclic) bond motifs is 1. The number of carboxylic acid groups (broad SMARTS) is 1. The Morgan fingerprint density at radius 2 is 2.00 bits per heavy atom. The molecular formula is C16H19NO4. The minimum absolute atomic E-state index is 0.110. The van der Waals surface area contributed by atoms with E-state index in [1.807, 2.05) is 4.90 Å². The summed E-state index contributed by atoms with van der Waals surface area (Å²) in [7, 11) is 0. The third kappa shape index (κ3) is 2.93. The molecule has 1 N–H and O–H groups in total. The van der Waals surface area contributed by atoms with Gasteiger partial charge in [-0.25, -0.2) is 4.79 Å².